The fraction of sp³-hybridized carbons (Fsp3) is 0.562. The van der Waals surface area contributed by atoms with Gasteiger partial charge in [-0.05, 0) is 39.3 Å². The summed E-state index contributed by atoms with van der Waals surface area (Å²) < 4.78 is 46.5. The van der Waals surface area contributed by atoms with Gasteiger partial charge in [-0.1, -0.05) is 13.3 Å². The first-order valence-corrected chi connectivity index (χ1v) is 7.62. The molecular weight excluding hydrogens is 325 g/mol. The van der Waals surface area contributed by atoms with Gasteiger partial charge in [0, 0.05) is 11.6 Å². The van der Waals surface area contributed by atoms with Gasteiger partial charge >= 0.3 is 12.4 Å². The average molecular weight is 348 g/mol. The Morgan fingerprint density at radius 1 is 1.21 bits per heavy atom. The minimum Gasteiger partial charge on any atom is -0.491 e. The zero-order valence-corrected chi connectivity index (χ0v) is 14.2. The SMILES string of the molecule is CCCCOc1ccc(OC(F)(F)F)cc1NC(=O)NC(C)(C)C. The van der Waals surface area contributed by atoms with E-state index in [2.05, 4.69) is 15.4 Å². The number of anilines is 1. The number of rotatable bonds is 6. The molecule has 0 radical (unpaired) electrons. The highest BCUT2D eigenvalue weighted by molar-refractivity contribution is 5.91. The van der Waals surface area contributed by atoms with E-state index in [1.807, 2.05) is 6.92 Å². The number of amides is 2. The summed E-state index contributed by atoms with van der Waals surface area (Å²) in [6.07, 6.45) is -3.12. The molecule has 1 aromatic rings. The monoisotopic (exact) mass is 348 g/mol. The largest absolute Gasteiger partial charge is 0.573 e. The van der Waals surface area contributed by atoms with E-state index in [1.165, 1.54) is 6.07 Å². The molecule has 0 aliphatic carbocycles. The van der Waals surface area contributed by atoms with E-state index < -0.39 is 23.7 Å². The molecule has 0 aromatic heterocycles. The van der Waals surface area contributed by atoms with Crippen molar-refractivity contribution in [2.75, 3.05) is 11.9 Å². The number of alkyl halides is 3. The van der Waals surface area contributed by atoms with Crippen molar-refractivity contribution in [2.24, 2.45) is 0 Å². The van der Waals surface area contributed by atoms with Gasteiger partial charge < -0.3 is 20.1 Å². The smallest absolute Gasteiger partial charge is 0.491 e. The third kappa shape index (κ3) is 7.94. The number of unbranched alkanes of at least 4 members (excludes halogenated alkanes) is 1. The molecule has 0 saturated carbocycles. The maximum Gasteiger partial charge on any atom is 0.573 e. The average Bonchev–Trinajstić information content (AvgIpc) is 2.37. The van der Waals surface area contributed by atoms with Crippen molar-refractivity contribution in [3.8, 4) is 11.5 Å². The standard InChI is InChI=1S/C16H23F3N2O3/c1-5-6-9-23-13-8-7-11(24-16(17,18)19)10-12(13)20-14(22)21-15(2,3)4/h7-8,10H,5-6,9H2,1-4H3,(H2,20,21,22). The lowest BCUT2D eigenvalue weighted by molar-refractivity contribution is -0.274. The molecule has 0 aliphatic heterocycles. The Balaban J connectivity index is 2.96. The molecule has 0 fully saturated rings. The van der Waals surface area contributed by atoms with Gasteiger partial charge in [0.2, 0.25) is 0 Å². The Bertz CT molecular complexity index is 554. The van der Waals surface area contributed by atoms with Crippen molar-refractivity contribution in [2.45, 2.75) is 52.4 Å². The van der Waals surface area contributed by atoms with Crippen LogP contribution >= 0.6 is 0 Å². The highest BCUT2D eigenvalue weighted by atomic mass is 19.4. The Kier molecular flexibility index (Phi) is 6.74. The van der Waals surface area contributed by atoms with Crippen LogP contribution in [0, 0.1) is 0 Å². The third-order valence-electron chi connectivity index (χ3n) is 2.68. The summed E-state index contributed by atoms with van der Waals surface area (Å²) in [7, 11) is 0. The summed E-state index contributed by atoms with van der Waals surface area (Å²) in [5, 5.41) is 5.16. The van der Waals surface area contributed by atoms with Crippen LogP contribution in [0.4, 0.5) is 23.7 Å². The van der Waals surface area contributed by atoms with Gasteiger partial charge in [-0.25, -0.2) is 4.79 Å². The first-order valence-electron chi connectivity index (χ1n) is 7.62. The second kappa shape index (κ2) is 8.12. The predicted molar refractivity (Wildman–Crippen MR) is 85.4 cm³/mol. The number of nitrogens with one attached hydrogen (secondary N) is 2. The molecule has 0 saturated heterocycles. The molecule has 1 aromatic carbocycles. The summed E-state index contributed by atoms with van der Waals surface area (Å²) in [4.78, 5) is 12.0. The Hall–Kier alpha value is -2.12. The molecule has 0 heterocycles. The lowest BCUT2D eigenvalue weighted by Crippen LogP contribution is -2.43. The lowest BCUT2D eigenvalue weighted by Gasteiger charge is -2.22. The van der Waals surface area contributed by atoms with Crippen LogP contribution in [0.2, 0.25) is 0 Å². The summed E-state index contributed by atoms with van der Waals surface area (Å²) in [6.45, 7) is 7.74. The maximum atomic E-state index is 12.4. The van der Waals surface area contributed by atoms with Crippen LogP contribution < -0.4 is 20.1 Å². The molecule has 136 valence electrons. The zero-order chi connectivity index (χ0) is 18.4. The van der Waals surface area contributed by atoms with Crippen LogP contribution in [0.15, 0.2) is 18.2 Å². The van der Waals surface area contributed by atoms with E-state index >= 15 is 0 Å². The number of halogens is 3. The molecule has 0 unspecified atom stereocenters. The first kappa shape index (κ1) is 19.9. The van der Waals surface area contributed by atoms with Gasteiger partial charge in [0.05, 0.1) is 12.3 Å². The summed E-state index contributed by atoms with van der Waals surface area (Å²) in [5.74, 6) is -0.154. The molecule has 2 amide bonds. The molecule has 0 aliphatic rings. The number of hydrogen-bond donors (Lipinski definition) is 2. The van der Waals surface area contributed by atoms with Gasteiger partial charge in [0.1, 0.15) is 11.5 Å². The van der Waals surface area contributed by atoms with E-state index in [0.29, 0.717) is 6.61 Å². The number of hydrogen-bond acceptors (Lipinski definition) is 3. The second-order valence-electron chi connectivity index (χ2n) is 6.24. The highest BCUT2D eigenvalue weighted by Crippen LogP contribution is 2.32. The van der Waals surface area contributed by atoms with Crippen LogP contribution in [-0.4, -0.2) is 24.5 Å². The molecule has 0 bridgehead atoms. The molecule has 8 heteroatoms. The first-order chi connectivity index (χ1) is 11.0. The van der Waals surface area contributed by atoms with Crippen LogP contribution in [0.3, 0.4) is 0 Å². The van der Waals surface area contributed by atoms with E-state index in [4.69, 9.17) is 4.74 Å². The molecule has 1 rings (SSSR count). The van der Waals surface area contributed by atoms with Gasteiger partial charge in [-0.3, -0.25) is 0 Å². The lowest BCUT2D eigenvalue weighted by atomic mass is 10.1. The minimum absolute atomic E-state index is 0.106. The van der Waals surface area contributed by atoms with Crippen LogP contribution in [0.25, 0.3) is 0 Å². The van der Waals surface area contributed by atoms with Gasteiger partial charge in [0.25, 0.3) is 0 Å². The van der Waals surface area contributed by atoms with E-state index in [-0.39, 0.29) is 11.4 Å². The van der Waals surface area contributed by atoms with Crippen molar-refractivity contribution < 1.29 is 27.4 Å². The number of carbonyl (C=O) groups is 1. The van der Waals surface area contributed by atoms with Crippen LogP contribution in [-0.2, 0) is 0 Å². The van der Waals surface area contributed by atoms with E-state index in [0.717, 1.165) is 25.0 Å². The van der Waals surface area contributed by atoms with Crippen LogP contribution in [0.1, 0.15) is 40.5 Å². The summed E-state index contributed by atoms with van der Waals surface area (Å²) >= 11 is 0. The summed E-state index contributed by atoms with van der Waals surface area (Å²) in [6, 6.07) is 3.01. The molecule has 5 nitrogen and oxygen atoms in total. The molecule has 0 atom stereocenters. The Morgan fingerprint density at radius 2 is 1.88 bits per heavy atom. The van der Waals surface area contributed by atoms with E-state index in [9.17, 15) is 18.0 Å². The van der Waals surface area contributed by atoms with Crippen LogP contribution in [0.5, 0.6) is 11.5 Å². The Labute approximate surface area is 139 Å². The van der Waals surface area contributed by atoms with Crippen molar-refractivity contribution in [3.63, 3.8) is 0 Å². The van der Waals surface area contributed by atoms with Crippen molar-refractivity contribution in [1.29, 1.82) is 0 Å². The number of urea groups is 1. The molecule has 0 spiro atoms. The molecular formula is C16H23F3N2O3. The van der Waals surface area contributed by atoms with Crippen molar-refractivity contribution >= 4 is 11.7 Å². The maximum absolute atomic E-state index is 12.4. The van der Waals surface area contributed by atoms with Gasteiger partial charge in [0.15, 0.2) is 0 Å². The van der Waals surface area contributed by atoms with Gasteiger partial charge in [-0.15, -0.1) is 13.2 Å². The van der Waals surface area contributed by atoms with Gasteiger partial charge in [-0.2, -0.15) is 0 Å². The fourth-order valence-electron chi connectivity index (χ4n) is 1.75. The van der Waals surface area contributed by atoms with Crippen molar-refractivity contribution in [1.82, 2.24) is 5.32 Å². The predicted octanol–water partition coefficient (Wildman–Crippen LogP) is 4.68. The third-order valence-corrected chi connectivity index (χ3v) is 2.68. The zero-order valence-electron chi connectivity index (χ0n) is 14.2. The topological polar surface area (TPSA) is 59.6 Å². The molecule has 24 heavy (non-hydrogen) atoms. The molecule has 2 N–H and O–H groups in total. The van der Waals surface area contributed by atoms with E-state index in [1.54, 1.807) is 20.8 Å². The quantitative estimate of drug-likeness (QED) is 0.734. The second-order valence-corrected chi connectivity index (χ2v) is 6.24. The minimum atomic E-state index is -4.81. The van der Waals surface area contributed by atoms with Crippen molar-refractivity contribution in [3.05, 3.63) is 18.2 Å². The fourth-order valence-corrected chi connectivity index (χ4v) is 1.75. The number of ether oxygens (including phenoxy) is 2. The Morgan fingerprint density at radius 3 is 2.42 bits per heavy atom. The highest BCUT2D eigenvalue weighted by Gasteiger charge is 2.31. The normalized spacial score (nSPS) is 11.8. The number of benzene rings is 1. The number of carbonyl (C=O) groups excluding carboxylic acids is 1. The summed E-state index contributed by atoms with van der Waals surface area (Å²) in [5.41, 5.74) is -0.387.